The molecule has 4 nitrogen and oxygen atoms in total. The van der Waals surface area contributed by atoms with Crippen molar-refractivity contribution in [3.05, 3.63) is 272 Å². The summed E-state index contributed by atoms with van der Waals surface area (Å²) in [6.07, 6.45) is 0. The second kappa shape index (κ2) is 18.1. The average molecular weight is 1050 g/mol. The van der Waals surface area contributed by atoms with Crippen LogP contribution in [0.5, 0.6) is 0 Å². The van der Waals surface area contributed by atoms with E-state index in [1.807, 2.05) is 24.3 Å². The van der Waals surface area contributed by atoms with Crippen LogP contribution in [-0.4, -0.2) is 9.13 Å². The minimum Gasteiger partial charge on any atom is -0.318 e. The van der Waals surface area contributed by atoms with Crippen molar-refractivity contribution in [1.29, 1.82) is 5.26 Å². The zero-order chi connectivity index (χ0) is 53.0. The van der Waals surface area contributed by atoms with Gasteiger partial charge in [-0.05, 0) is 87.0 Å². The van der Waals surface area contributed by atoms with E-state index < -0.39 is 0 Å². The maximum absolute atomic E-state index is 12.5. The number of hydrogen-bond donors (Lipinski definition) is 0. The van der Waals surface area contributed by atoms with Crippen molar-refractivity contribution in [2.45, 2.75) is 0 Å². The lowest BCUT2D eigenvalue weighted by molar-refractivity contribution is 1.14. The van der Waals surface area contributed by atoms with Crippen LogP contribution in [0.25, 0.3) is 156 Å². The van der Waals surface area contributed by atoms with Gasteiger partial charge in [0.25, 0.3) is 0 Å². The summed E-state index contributed by atoms with van der Waals surface area (Å²) in [5.74, 6) is 0. The molecule has 4 heterocycles. The van der Waals surface area contributed by atoms with Gasteiger partial charge < -0.3 is 9.13 Å². The molecule has 80 heavy (non-hydrogen) atoms. The molecule has 0 radical (unpaired) electrons. The van der Waals surface area contributed by atoms with Crippen LogP contribution in [-0.2, 0) is 0 Å². The van der Waals surface area contributed by atoms with Gasteiger partial charge in [0, 0.05) is 63.6 Å². The Morgan fingerprint density at radius 1 is 0.362 bits per heavy atom. The SMILES string of the molecule is [C-]#[N+]c1c(-c2ccccc2)c(C#N)c(-n2c3c(ccc4c5ccccc5sc43)c3c(-c4ccccc4)cc4c5ccccc5sc4c32)c(-c2ccccc2)c1-n1c2ccc(-c3ccccc3)cc2c2cc(-c3ccccc3)ccc21. The molecule has 0 atom stereocenters. The fraction of sp³-hybridized carbons (Fsp3) is 0. The van der Waals surface area contributed by atoms with Crippen molar-refractivity contribution in [2.75, 3.05) is 0 Å². The summed E-state index contributed by atoms with van der Waals surface area (Å²) in [5, 5.41) is 21.5. The van der Waals surface area contributed by atoms with E-state index in [9.17, 15) is 11.8 Å². The van der Waals surface area contributed by atoms with Crippen molar-refractivity contribution < 1.29 is 0 Å². The molecule has 0 aliphatic heterocycles. The highest BCUT2D eigenvalue weighted by atomic mass is 32.1. The summed E-state index contributed by atoms with van der Waals surface area (Å²) in [7, 11) is 0. The Morgan fingerprint density at radius 2 is 0.825 bits per heavy atom. The normalized spacial score (nSPS) is 11.7. The number of aromatic nitrogens is 2. The second-order valence-electron chi connectivity index (χ2n) is 20.4. The Balaban J connectivity index is 1.19. The van der Waals surface area contributed by atoms with E-state index >= 15 is 0 Å². The molecule has 0 saturated heterocycles. The first-order chi connectivity index (χ1) is 39.6. The standard InChI is InChI=1S/C74H42N4S2/c1-76-68-65(48-27-13-5-14-28-48)60(44-75)69(66(49-29-15-6-16-30-49)71(68)77-61-39-35-50(45-21-7-2-8-22-45)41-57(61)58-42-51(36-40-62(58)77)46-23-9-3-10-24-46)78-70-55(38-37-54-52-31-17-19-33-63(52)79-73(54)70)67-56(47-25-11-4-12-26-47)43-59-53-32-18-20-34-64(53)80-74(59)72(67)78/h2-43H. The van der Waals surface area contributed by atoms with Gasteiger partial charge in [-0.3, -0.25) is 0 Å². The minimum atomic E-state index is 0.401. The molecule has 0 bridgehead atoms. The summed E-state index contributed by atoms with van der Waals surface area (Å²) in [6, 6.07) is 93.4. The number of fused-ring (bicyclic) bond motifs is 14. The third kappa shape index (κ3) is 6.77. The van der Waals surface area contributed by atoms with Gasteiger partial charge >= 0.3 is 0 Å². The van der Waals surface area contributed by atoms with E-state index in [1.54, 1.807) is 22.7 Å². The van der Waals surface area contributed by atoms with Crippen LogP contribution in [0.15, 0.2) is 255 Å². The molecule has 0 saturated carbocycles. The lowest BCUT2D eigenvalue weighted by atomic mass is 9.88. The summed E-state index contributed by atoms with van der Waals surface area (Å²) < 4.78 is 9.46. The van der Waals surface area contributed by atoms with Crippen LogP contribution in [0.1, 0.15) is 5.56 Å². The van der Waals surface area contributed by atoms with Gasteiger partial charge in [0.05, 0.1) is 55.0 Å². The molecular formula is C74H42N4S2. The first-order valence-corrected chi connectivity index (χ1v) is 28.4. The maximum Gasteiger partial charge on any atom is 0.220 e. The molecule has 0 spiro atoms. The molecule has 0 fully saturated rings. The second-order valence-corrected chi connectivity index (χ2v) is 22.5. The fourth-order valence-corrected chi connectivity index (χ4v) is 15.2. The molecule has 0 amide bonds. The quantitative estimate of drug-likeness (QED) is 0.147. The minimum absolute atomic E-state index is 0.401. The van der Waals surface area contributed by atoms with E-state index in [2.05, 4.69) is 251 Å². The number of nitrogens with zero attached hydrogens (tertiary/aromatic N) is 4. The number of thiophene rings is 2. The molecule has 0 N–H and O–H groups in total. The monoisotopic (exact) mass is 1050 g/mol. The van der Waals surface area contributed by atoms with Crippen LogP contribution >= 0.6 is 22.7 Å². The number of nitriles is 1. The maximum atomic E-state index is 12.5. The topological polar surface area (TPSA) is 38.0 Å². The van der Waals surface area contributed by atoms with E-state index in [4.69, 9.17) is 0 Å². The molecular weight excluding hydrogens is 1010 g/mol. The Kier molecular flexibility index (Phi) is 10.4. The van der Waals surface area contributed by atoms with Crippen LogP contribution in [0.2, 0.25) is 0 Å². The fourth-order valence-electron chi connectivity index (χ4n) is 12.7. The van der Waals surface area contributed by atoms with Gasteiger partial charge in [-0.2, -0.15) is 5.26 Å². The molecule has 370 valence electrons. The summed E-state index contributed by atoms with van der Waals surface area (Å²) in [5.41, 5.74) is 16.0. The van der Waals surface area contributed by atoms with Crippen molar-refractivity contribution in [3.63, 3.8) is 0 Å². The van der Waals surface area contributed by atoms with Crippen LogP contribution in [0, 0.1) is 17.9 Å². The highest BCUT2D eigenvalue weighted by Crippen LogP contribution is 2.56. The number of hydrogen-bond acceptors (Lipinski definition) is 3. The van der Waals surface area contributed by atoms with Crippen molar-refractivity contribution in [3.8, 4) is 73.1 Å². The van der Waals surface area contributed by atoms with E-state index in [1.165, 1.54) is 20.2 Å². The Bertz CT molecular complexity index is 5190. The molecule has 0 unspecified atom stereocenters. The lowest BCUT2D eigenvalue weighted by Gasteiger charge is -2.26. The van der Waals surface area contributed by atoms with Crippen LogP contribution in [0.4, 0.5) is 5.69 Å². The molecule has 12 aromatic carbocycles. The largest absolute Gasteiger partial charge is 0.318 e. The number of rotatable bonds is 7. The summed E-state index contributed by atoms with van der Waals surface area (Å²) in [4.78, 5) is 4.67. The molecule has 0 aliphatic rings. The molecule has 0 aliphatic carbocycles. The van der Waals surface area contributed by atoms with Crippen molar-refractivity contribution >= 4 is 112 Å². The zero-order valence-corrected chi connectivity index (χ0v) is 44.5. The van der Waals surface area contributed by atoms with E-state index in [0.29, 0.717) is 22.5 Å². The Morgan fingerprint density at radius 3 is 1.36 bits per heavy atom. The van der Waals surface area contributed by atoms with Crippen LogP contribution in [0.3, 0.4) is 0 Å². The van der Waals surface area contributed by atoms with Gasteiger partial charge in [-0.15, -0.1) is 22.7 Å². The van der Waals surface area contributed by atoms with Gasteiger partial charge in [0.1, 0.15) is 6.07 Å². The average Bonchev–Trinajstić information content (AvgIpc) is 4.15. The summed E-state index contributed by atoms with van der Waals surface area (Å²) >= 11 is 3.60. The van der Waals surface area contributed by atoms with Gasteiger partial charge in [0.15, 0.2) is 0 Å². The third-order valence-electron chi connectivity index (χ3n) is 16.2. The Hall–Kier alpha value is -10.3. The zero-order valence-electron chi connectivity index (χ0n) is 42.9. The molecule has 6 heteroatoms. The highest BCUT2D eigenvalue weighted by molar-refractivity contribution is 7.27. The van der Waals surface area contributed by atoms with E-state index in [0.717, 1.165) is 120 Å². The van der Waals surface area contributed by atoms with Crippen molar-refractivity contribution in [1.82, 2.24) is 9.13 Å². The highest BCUT2D eigenvalue weighted by Gasteiger charge is 2.34. The smallest absolute Gasteiger partial charge is 0.220 e. The van der Waals surface area contributed by atoms with Gasteiger partial charge in [0.2, 0.25) is 5.69 Å². The first-order valence-electron chi connectivity index (χ1n) is 26.8. The molecule has 16 rings (SSSR count). The predicted octanol–water partition coefficient (Wildman–Crippen LogP) is 21.4. The lowest BCUT2D eigenvalue weighted by Crippen LogP contribution is -2.09. The number of benzene rings is 12. The van der Waals surface area contributed by atoms with E-state index in [-0.39, 0.29) is 0 Å². The molecule has 4 aromatic heterocycles. The Labute approximate surface area is 468 Å². The van der Waals surface area contributed by atoms with Crippen molar-refractivity contribution in [2.24, 2.45) is 0 Å². The van der Waals surface area contributed by atoms with Gasteiger partial charge in [-0.1, -0.05) is 212 Å². The first kappa shape index (κ1) is 45.8. The molecule has 16 aromatic rings. The third-order valence-corrected chi connectivity index (χ3v) is 18.5. The summed E-state index contributed by atoms with van der Waals surface area (Å²) in [6.45, 7) is 9.59. The van der Waals surface area contributed by atoms with Crippen LogP contribution < -0.4 is 0 Å². The predicted molar refractivity (Wildman–Crippen MR) is 339 cm³/mol. The van der Waals surface area contributed by atoms with Gasteiger partial charge in [-0.25, -0.2) is 4.85 Å².